The van der Waals surface area contributed by atoms with Gasteiger partial charge in [-0.3, -0.25) is 0 Å². The van der Waals surface area contributed by atoms with E-state index in [1.165, 1.54) is 33.2 Å². The maximum absolute atomic E-state index is 6.59. The molecular weight excluding hydrogens is 731 g/mol. The molecule has 1 spiro atoms. The van der Waals surface area contributed by atoms with Crippen LogP contribution >= 0.6 is 0 Å². The number of hydrogen-bond acceptors (Lipinski definition) is 4. The zero-order valence-corrected chi connectivity index (χ0v) is 32.5. The minimum atomic E-state index is -0.543. The lowest BCUT2D eigenvalue weighted by Crippen LogP contribution is -2.32. The van der Waals surface area contributed by atoms with Crippen molar-refractivity contribution in [1.82, 2.24) is 15.0 Å². The third kappa shape index (κ3) is 5.28. The molecule has 1 aliphatic heterocycles. The van der Waals surface area contributed by atoms with Crippen molar-refractivity contribution in [2.75, 3.05) is 0 Å². The topological polar surface area (TPSA) is 47.9 Å². The molecule has 60 heavy (non-hydrogen) atoms. The van der Waals surface area contributed by atoms with Crippen molar-refractivity contribution in [1.29, 1.82) is 0 Å². The van der Waals surface area contributed by atoms with Crippen LogP contribution in [0.5, 0.6) is 11.5 Å². The maximum Gasteiger partial charge on any atom is 0.164 e. The third-order valence-corrected chi connectivity index (χ3v) is 12.2. The second-order valence-corrected chi connectivity index (χ2v) is 15.5. The van der Waals surface area contributed by atoms with E-state index in [9.17, 15) is 0 Å². The summed E-state index contributed by atoms with van der Waals surface area (Å²) in [5, 5.41) is 2.31. The van der Waals surface area contributed by atoms with Crippen LogP contribution in [0.3, 0.4) is 0 Å². The molecule has 4 nitrogen and oxygen atoms in total. The molecule has 0 bridgehead atoms. The Labute approximate surface area is 348 Å². The van der Waals surface area contributed by atoms with E-state index in [1.807, 2.05) is 6.07 Å². The van der Waals surface area contributed by atoms with Gasteiger partial charge in [-0.05, 0) is 79.5 Å². The van der Waals surface area contributed by atoms with Crippen LogP contribution in [-0.4, -0.2) is 15.0 Å². The highest BCUT2D eigenvalue weighted by Gasteiger charge is 2.51. The number of aromatic nitrogens is 3. The standard InChI is InChI=1S/C56H35N3O/c1-2-14-36(15-3-1)38-28-31-39(32-29-38)53-57-54(59-55(58-53)43-33-30-37-16-4-5-17-40(37)34-43)42-19-12-18-41(35-42)44-21-13-25-49-52(44)45-20-6-7-22-46(45)56(49)47-23-8-10-26-50(47)60-51-27-11-9-24-48(51)56/h1-35H. The number of hydrogen-bond donors (Lipinski definition) is 0. The van der Waals surface area contributed by atoms with Gasteiger partial charge in [-0.25, -0.2) is 15.0 Å². The van der Waals surface area contributed by atoms with Crippen LogP contribution in [0.1, 0.15) is 22.3 Å². The fraction of sp³-hybridized carbons (Fsp3) is 0.0179. The molecule has 9 aromatic carbocycles. The Kier molecular flexibility index (Phi) is 7.72. The minimum Gasteiger partial charge on any atom is -0.457 e. The van der Waals surface area contributed by atoms with Crippen molar-refractivity contribution in [3.05, 3.63) is 235 Å². The number of rotatable bonds is 5. The van der Waals surface area contributed by atoms with Crippen molar-refractivity contribution < 1.29 is 4.74 Å². The third-order valence-electron chi connectivity index (χ3n) is 12.2. The van der Waals surface area contributed by atoms with Gasteiger partial charge in [0.25, 0.3) is 0 Å². The van der Waals surface area contributed by atoms with E-state index in [2.05, 4.69) is 206 Å². The first-order valence-electron chi connectivity index (χ1n) is 20.3. The Bertz CT molecular complexity index is 3250. The summed E-state index contributed by atoms with van der Waals surface area (Å²) in [4.78, 5) is 15.5. The highest BCUT2D eigenvalue weighted by Crippen LogP contribution is 2.63. The van der Waals surface area contributed by atoms with Crippen molar-refractivity contribution in [3.63, 3.8) is 0 Å². The van der Waals surface area contributed by atoms with Gasteiger partial charge in [-0.15, -0.1) is 0 Å². The SMILES string of the molecule is c1ccc(-c2ccc(-c3nc(-c4cccc(-c5cccc6c5-c5ccccc5C65c6ccccc6Oc6ccccc65)c4)nc(-c4ccc5ccccc5c4)n3)cc2)cc1. The van der Waals surface area contributed by atoms with Crippen molar-refractivity contribution in [3.8, 4) is 79.0 Å². The lowest BCUT2D eigenvalue weighted by molar-refractivity contribution is 0.436. The molecule has 10 aromatic rings. The monoisotopic (exact) mass is 765 g/mol. The molecule has 2 aliphatic rings. The van der Waals surface area contributed by atoms with Crippen LogP contribution in [0.15, 0.2) is 212 Å². The van der Waals surface area contributed by atoms with Crippen LogP contribution in [0, 0.1) is 0 Å². The van der Waals surface area contributed by atoms with Crippen LogP contribution in [0.2, 0.25) is 0 Å². The first kappa shape index (κ1) is 34.1. The van der Waals surface area contributed by atoms with Gasteiger partial charge in [-0.2, -0.15) is 0 Å². The van der Waals surface area contributed by atoms with Gasteiger partial charge in [0.15, 0.2) is 17.5 Å². The summed E-state index contributed by atoms with van der Waals surface area (Å²) in [6.07, 6.45) is 0. The molecule has 0 N–H and O–H groups in total. The Hall–Kier alpha value is -7.95. The first-order chi connectivity index (χ1) is 29.7. The molecule has 0 radical (unpaired) electrons. The number of benzene rings is 9. The van der Waals surface area contributed by atoms with E-state index in [-0.39, 0.29) is 0 Å². The Balaban J connectivity index is 1.03. The molecule has 4 heteroatoms. The van der Waals surface area contributed by atoms with E-state index in [4.69, 9.17) is 19.7 Å². The lowest BCUT2D eigenvalue weighted by atomic mass is 9.66. The van der Waals surface area contributed by atoms with E-state index in [0.29, 0.717) is 17.5 Å². The average Bonchev–Trinajstić information content (AvgIpc) is 3.62. The largest absolute Gasteiger partial charge is 0.457 e. The molecule has 0 unspecified atom stereocenters. The summed E-state index contributed by atoms with van der Waals surface area (Å²) >= 11 is 0. The summed E-state index contributed by atoms with van der Waals surface area (Å²) in [6, 6.07) is 75.0. The van der Waals surface area contributed by atoms with Crippen molar-refractivity contribution in [2.45, 2.75) is 5.41 Å². The number of fused-ring (bicyclic) bond motifs is 10. The highest BCUT2D eigenvalue weighted by atomic mass is 16.5. The molecule has 1 aliphatic carbocycles. The Morgan fingerprint density at radius 1 is 0.300 bits per heavy atom. The van der Waals surface area contributed by atoms with Crippen LogP contribution in [0.4, 0.5) is 0 Å². The zero-order chi connectivity index (χ0) is 39.6. The van der Waals surface area contributed by atoms with E-state index >= 15 is 0 Å². The summed E-state index contributed by atoms with van der Waals surface area (Å²) in [5.41, 5.74) is 14.0. The van der Waals surface area contributed by atoms with Gasteiger partial charge < -0.3 is 4.74 Å². The lowest BCUT2D eigenvalue weighted by Gasteiger charge is -2.39. The molecule has 0 atom stereocenters. The molecule has 0 saturated heterocycles. The second-order valence-electron chi connectivity index (χ2n) is 15.5. The zero-order valence-electron chi connectivity index (χ0n) is 32.5. The molecule has 280 valence electrons. The van der Waals surface area contributed by atoms with Crippen LogP contribution < -0.4 is 4.74 Å². The number of para-hydroxylation sites is 2. The second kappa shape index (κ2) is 13.6. The van der Waals surface area contributed by atoms with Gasteiger partial charge >= 0.3 is 0 Å². The molecular formula is C56H35N3O. The minimum absolute atomic E-state index is 0.543. The molecule has 12 rings (SSSR count). The molecule has 0 amide bonds. The van der Waals surface area contributed by atoms with E-state index in [1.54, 1.807) is 0 Å². The maximum atomic E-state index is 6.59. The first-order valence-corrected chi connectivity index (χ1v) is 20.3. The van der Waals surface area contributed by atoms with Crippen LogP contribution in [0.25, 0.3) is 78.3 Å². The molecule has 2 heterocycles. The van der Waals surface area contributed by atoms with Gasteiger partial charge in [0.2, 0.25) is 0 Å². The van der Waals surface area contributed by atoms with Gasteiger partial charge in [-0.1, -0.05) is 188 Å². The number of nitrogens with zero attached hydrogens (tertiary/aromatic N) is 3. The molecule has 0 saturated carbocycles. The van der Waals surface area contributed by atoms with Crippen LogP contribution in [-0.2, 0) is 5.41 Å². The fourth-order valence-corrected chi connectivity index (χ4v) is 9.50. The summed E-state index contributed by atoms with van der Waals surface area (Å²) in [5.74, 6) is 3.64. The predicted octanol–water partition coefficient (Wildman–Crippen LogP) is 13.8. The predicted molar refractivity (Wildman–Crippen MR) is 242 cm³/mol. The molecule has 1 aromatic heterocycles. The van der Waals surface area contributed by atoms with Gasteiger partial charge in [0.05, 0.1) is 5.41 Å². The summed E-state index contributed by atoms with van der Waals surface area (Å²) in [7, 11) is 0. The Morgan fingerprint density at radius 3 is 1.53 bits per heavy atom. The van der Waals surface area contributed by atoms with E-state index in [0.717, 1.165) is 61.4 Å². The van der Waals surface area contributed by atoms with Crippen molar-refractivity contribution >= 4 is 10.8 Å². The normalized spacial score (nSPS) is 12.9. The average molecular weight is 766 g/mol. The number of ether oxygens (including phenoxy) is 1. The summed E-state index contributed by atoms with van der Waals surface area (Å²) in [6.45, 7) is 0. The van der Waals surface area contributed by atoms with E-state index < -0.39 is 5.41 Å². The Morgan fingerprint density at radius 2 is 0.783 bits per heavy atom. The van der Waals surface area contributed by atoms with Crippen molar-refractivity contribution in [2.24, 2.45) is 0 Å². The quantitative estimate of drug-likeness (QED) is 0.175. The van der Waals surface area contributed by atoms with Gasteiger partial charge in [0, 0.05) is 27.8 Å². The van der Waals surface area contributed by atoms with Gasteiger partial charge in [0.1, 0.15) is 11.5 Å². The summed E-state index contributed by atoms with van der Waals surface area (Å²) < 4.78 is 6.59. The smallest absolute Gasteiger partial charge is 0.164 e. The highest BCUT2D eigenvalue weighted by molar-refractivity contribution is 5.97. The fourth-order valence-electron chi connectivity index (χ4n) is 9.50. The molecule has 0 fully saturated rings.